The van der Waals surface area contributed by atoms with Crippen LogP contribution in [0.2, 0.25) is 5.02 Å². The average molecular weight is 415 g/mol. The van der Waals surface area contributed by atoms with Crippen LogP contribution in [-0.4, -0.2) is 27.6 Å². The predicted molar refractivity (Wildman–Crippen MR) is 110 cm³/mol. The Balaban J connectivity index is 1.29. The molecule has 1 aromatic heterocycles. The number of rotatable bonds is 4. The third-order valence-electron chi connectivity index (χ3n) is 6.56. The van der Waals surface area contributed by atoms with Crippen LogP contribution in [-0.2, 0) is 0 Å². The lowest BCUT2D eigenvalue weighted by atomic mass is 9.52. The molecule has 0 radical (unpaired) electrons. The minimum atomic E-state index is -0.472. The second-order valence-electron chi connectivity index (χ2n) is 8.64. The van der Waals surface area contributed by atoms with Crippen LogP contribution in [0.15, 0.2) is 52.5 Å². The Hall–Kier alpha value is -1.56. The Morgan fingerprint density at radius 2 is 1.96 bits per heavy atom. The molecular weight excluding hydrogens is 392 g/mol. The summed E-state index contributed by atoms with van der Waals surface area (Å²) in [6, 6.07) is 11.5. The number of halogens is 1. The SMILES string of the molecule is O=C(NC1C2CC3CC1CC(O)(C3)C2)c1cccc(Sc2ccc(Cl)cn2)c1. The molecule has 2 atom stereocenters. The van der Waals surface area contributed by atoms with Crippen molar-refractivity contribution in [1.29, 1.82) is 0 Å². The van der Waals surface area contributed by atoms with Gasteiger partial charge in [-0.25, -0.2) is 4.98 Å². The molecule has 4 aliphatic rings. The number of benzene rings is 1. The van der Waals surface area contributed by atoms with Gasteiger partial charge in [0, 0.05) is 22.7 Å². The van der Waals surface area contributed by atoms with E-state index in [0.717, 1.165) is 42.0 Å². The Labute approximate surface area is 174 Å². The number of aromatic nitrogens is 1. The first-order chi connectivity index (χ1) is 13.5. The van der Waals surface area contributed by atoms with Gasteiger partial charge in [-0.2, -0.15) is 0 Å². The molecule has 0 saturated heterocycles. The van der Waals surface area contributed by atoms with Crippen molar-refractivity contribution in [1.82, 2.24) is 10.3 Å². The molecule has 1 amide bonds. The predicted octanol–water partition coefficient (Wildman–Crippen LogP) is 4.56. The molecular formula is C22H23ClN2O2S. The smallest absolute Gasteiger partial charge is 0.251 e. The lowest BCUT2D eigenvalue weighted by Crippen LogP contribution is -2.61. The highest BCUT2D eigenvalue weighted by Crippen LogP contribution is 2.55. The summed E-state index contributed by atoms with van der Waals surface area (Å²) in [6.45, 7) is 0. The van der Waals surface area contributed by atoms with Gasteiger partial charge < -0.3 is 10.4 Å². The summed E-state index contributed by atoms with van der Waals surface area (Å²) in [6.07, 6.45) is 6.54. The first-order valence-electron chi connectivity index (χ1n) is 9.90. The zero-order chi connectivity index (χ0) is 19.3. The summed E-state index contributed by atoms with van der Waals surface area (Å²) in [4.78, 5) is 18.2. The van der Waals surface area contributed by atoms with Gasteiger partial charge in [-0.1, -0.05) is 29.4 Å². The van der Waals surface area contributed by atoms with Gasteiger partial charge in [-0.3, -0.25) is 4.79 Å². The van der Waals surface area contributed by atoms with E-state index in [0.29, 0.717) is 28.3 Å². The summed E-state index contributed by atoms with van der Waals surface area (Å²) in [7, 11) is 0. The van der Waals surface area contributed by atoms with E-state index in [2.05, 4.69) is 10.3 Å². The second-order valence-corrected chi connectivity index (χ2v) is 10.2. The molecule has 4 aliphatic carbocycles. The van der Waals surface area contributed by atoms with Crippen LogP contribution in [0.1, 0.15) is 42.5 Å². The van der Waals surface area contributed by atoms with Gasteiger partial charge >= 0.3 is 0 Å². The third kappa shape index (κ3) is 3.56. The van der Waals surface area contributed by atoms with Crippen molar-refractivity contribution in [2.45, 2.75) is 53.7 Å². The van der Waals surface area contributed by atoms with Gasteiger partial charge in [-0.15, -0.1) is 0 Å². The fourth-order valence-corrected chi connectivity index (χ4v) is 6.62. The standard InChI is InChI=1S/C22H23ClN2O2S/c23-17-4-5-19(24-12-17)28-18-3-1-2-14(8-18)21(26)25-20-15-6-13-7-16(20)11-22(27,9-13)10-15/h1-5,8,12-13,15-16,20,27H,6-7,9-11H2,(H,25,26). The summed E-state index contributed by atoms with van der Waals surface area (Å²) in [5.74, 6) is 1.45. The highest BCUT2D eigenvalue weighted by Gasteiger charge is 2.55. The minimum absolute atomic E-state index is 0.0176. The Morgan fingerprint density at radius 3 is 2.64 bits per heavy atom. The lowest BCUT2D eigenvalue weighted by molar-refractivity contribution is -0.136. The van der Waals surface area contributed by atoms with Crippen LogP contribution in [0.4, 0.5) is 0 Å². The number of carbonyl (C=O) groups excluding carboxylic acids is 1. The van der Waals surface area contributed by atoms with Crippen molar-refractivity contribution < 1.29 is 9.90 Å². The summed E-state index contributed by atoms with van der Waals surface area (Å²) in [5, 5.41) is 15.5. The third-order valence-corrected chi connectivity index (χ3v) is 7.72. The van der Waals surface area contributed by atoms with Crippen molar-refractivity contribution in [2.75, 3.05) is 0 Å². The van der Waals surface area contributed by atoms with E-state index in [-0.39, 0.29) is 11.9 Å². The maximum atomic E-state index is 12.9. The van der Waals surface area contributed by atoms with Crippen molar-refractivity contribution in [3.8, 4) is 0 Å². The normalized spacial score (nSPS) is 33.1. The first-order valence-corrected chi connectivity index (χ1v) is 11.1. The molecule has 28 heavy (non-hydrogen) atoms. The zero-order valence-corrected chi connectivity index (χ0v) is 17.0. The number of carbonyl (C=O) groups is 1. The lowest BCUT2D eigenvalue weighted by Gasteiger charge is -2.58. The maximum Gasteiger partial charge on any atom is 0.251 e. The van der Waals surface area contributed by atoms with E-state index in [1.165, 1.54) is 11.8 Å². The molecule has 0 aliphatic heterocycles. The summed E-state index contributed by atoms with van der Waals surface area (Å²) in [5.41, 5.74) is 0.200. The molecule has 2 unspecified atom stereocenters. The van der Waals surface area contributed by atoms with Crippen LogP contribution >= 0.6 is 23.4 Å². The number of nitrogens with zero attached hydrogens (tertiary/aromatic N) is 1. The number of hydrogen-bond acceptors (Lipinski definition) is 4. The minimum Gasteiger partial charge on any atom is -0.390 e. The van der Waals surface area contributed by atoms with E-state index >= 15 is 0 Å². The topological polar surface area (TPSA) is 62.2 Å². The van der Waals surface area contributed by atoms with E-state index < -0.39 is 5.60 Å². The van der Waals surface area contributed by atoms with Gasteiger partial charge in [0.25, 0.3) is 5.91 Å². The molecule has 4 nitrogen and oxygen atoms in total. The summed E-state index contributed by atoms with van der Waals surface area (Å²) >= 11 is 7.41. The van der Waals surface area contributed by atoms with Gasteiger partial charge in [-0.05, 0) is 80.2 Å². The van der Waals surface area contributed by atoms with Crippen LogP contribution in [0.5, 0.6) is 0 Å². The summed E-state index contributed by atoms with van der Waals surface area (Å²) < 4.78 is 0. The molecule has 2 N–H and O–H groups in total. The average Bonchev–Trinajstić information content (AvgIpc) is 2.65. The van der Waals surface area contributed by atoms with Gasteiger partial charge in [0.15, 0.2) is 0 Å². The molecule has 1 aromatic carbocycles. The fourth-order valence-electron chi connectivity index (χ4n) is 5.70. The molecule has 4 fully saturated rings. The highest BCUT2D eigenvalue weighted by atomic mass is 35.5. The van der Waals surface area contributed by atoms with Crippen molar-refractivity contribution in [2.24, 2.45) is 17.8 Å². The van der Waals surface area contributed by atoms with Crippen LogP contribution < -0.4 is 5.32 Å². The number of amides is 1. The largest absolute Gasteiger partial charge is 0.390 e. The molecule has 146 valence electrons. The van der Waals surface area contributed by atoms with Gasteiger partial charge in [0.1, 0.15) is 5.03 Å². The monoisotopic (exact) mass is 414 g/mol. The molecule has 1 heterocycles. The molecule has 0 spiro atoms. The molecule has 6 rings (SSSR count). The van der Waals surface area contributed by atoms with Crippen molar-refractivity contribution in [3.63, 3.8) is 0 Å². The van der Waals surface area contributed by atoms with Crippen molar-refractivity contribution >= 4 is 29.3 Å². The van der Waals surface area contributed by atoms with E-state index in [4.69, 9.17) is 11.6 Å². The number of pyridine rings is 1. The van der Waals surface area contributed by atoms with Crippen LogP contribution in [0.25, 0.3) is 0 Å². The number of hydrogen-bond donors (Lipinski definition) is 2. The number of nitrogens with one attached hydrogen (secondary N) is 1. The van der Waals surface area contributed by atoms with E-state index in [1.54, 1.807) is 6.20 Å². The van der Waals surface area contributed by atoms with Crippen molar-refractivity contribution in [3.05, 3.63) is 53.2 Å². The zero-order valence-electron chi connectivity index (χ0n) is 15.5. The van der Waals surface area contributed by atoms with Crippen LogP contribution in [0, 0.1) is 17.8 Å². The Kier molecular flexibility index (Phi) is 4.65. The Bertz CT molecular complexity index is 888. The molecule has 2 aromatic rings. The highest BCUT2D eigenvalue weighted by molar-refractivity contribution is 7.99. The second kappa shape index (κ2) is 7.05. The van der Waals surface area contributed by atoms with Gasteiger partial charge in [0.05, 0.1) is 10.6 Å². The van der Waals surface area contributed by atoms with E-state index in [1.807, 2.05) is 36.4 Å². The van der Waals surface area contributed by atoms with Gasteiger partial charge in [0.2, 0.25) is 0 Å². The molecule has 6 heteroatoms. The first kappa shape index (κ1) is 18.5. The molecule has 4 saturated carbocycles. The molecule has 4 bridgehead atoms. The quantitative estimate of drug-likeness (QED) is 0.770. The Morgan fingerprint density at radius 1 is 1.18 bits per heavy atom. The maximum absolute atomic E-state index is 12.9. The fraction of sp³-hybridized carbons (Fsp3) is 0.455. The van der Waals surface area contributed by atoms with Crippen LogP contribution in [0.3, 0.4) is 0 Å². The number of aliphatic hydroxyl groups is 1. The van der Waals surface area contributed by atoms with E-state index in [9.17, 15) is 9.90 Å².